The molecule has 4 amide bonds. The Morgan fingerprint density at radius 1 is 1.26 bits per heavy atom. The molecule has 0 radical (unpaired) electrons. The van der Waals surface area contributed by atoms with Crippen LogP contribution in [0.5, 0.6) is 0 Å². The number of hydrogen-bond donors (Lipinski definition) is 4. The third-order valence-corrected chi connectivity index (χ3v) is 5.12. The van der Waals surface area contributed by atoms with Crippen molar-refractivity contribution < 1.29 is 19.5 Å². The molecule has 4 N–H and O–H groups in total. The number of carbonyl (C=O) groups is 3. The van der Waals surface area contributed by atoms with Crippen LogP contribution in [-0.2, 0) is 9.59 Å². The number of aliphatic hydroxyl groups is 1. The second kappa shape index (κ2) is 6.45. The Hall–Kier alpha value is -1.67. The summed E-state index contributed by atoms with van der Waals surface area (Å²) in [4.78, 5) is 37.7. The number of β-amino-alcohol motifs (C(OH)–C–C–N with tert-alkyl or cyclic N) is 1. The summed E-state index contributed by atoms with van der Waals surface area (Å²) in [5.41, 5.74) is -0.790. The molecule has 0 aromatic rings. The molecule has 0 aromatic carbocycles. The van der Waals surface area contributed by atoms with Crippen LogP contribution in [0.25, 0.3) is 0 Å². The van der Waals surface area contributed by atoms with Crippen LogP contribution >= 0.6 is 0 Å². The van der Waals surface area contributed by atoms with Gasteiger partial charge < -0.3 is 21.1 Å². The van der Waals surface area contributed by atoms with E-state index in [4.69, 9.17) is 0 Å². The van der Waals surface area contributed by atoms with Gasteiger partial charge in [0, 0.05) is 25.6 Å². The van der Waals surface area contributed by atoms with Crippen LogP contribution in [0.1, 0.15) is 32.1 Å². The van der Waals surface area contributed by atoms with E-state index in [-0.39, 0.29) is 24.3 Å². The maximum absolute atomic E-state index is 12.6. The van der Waals surface area contributed by atoms with Crippen LogP contribution in [-0.4, -0.2) is 65.7 Å². The number of amides is 4. The number of imide groups is 1. The SMILES string of the molecule is O=C(CN1C(=O)NC2(CCCCC2)C1=O)NCC1CNCC1O. The molecule has 1 aliphatic carbocycles. The summed E-state index contributed by atoms with van der Waals surface area (Å²) >= 11 is 0. The van der Waals surface area contributed by atoms with Crippen molar-refractivity contribution in [1.29, 1.82) is 0 Å². The van der Waals surface area contributed by atoms with Crippen LogP contribution in [0, 0.1) is 5.92 Å². The molecule has 2 saturated heterocycles. The van der Waals surface area contributed by atoms with E-state index in [0.29, 0.717) is 32.5 Å². The van der Waals surface area contributed by atoms with Gasteiger partial charge in [-0.25, -0.2) is 4.79 Å². The highest BCUT2D eigenvalue weighted by atomic mass is 16.3. The number of nitrogens with zero attached hydrogens (tertiary/aromatic N) is 1. The first-order chi connectivity index (χ1) is 11.0. The van der Waals surface area contributed by atoms with E-state index in [2.05, 4.69) is 16.0 Å². The molecule has 2 heterocycles. The molecule has 8 nitrogen and oxygen atoms in total. The molecule has 0 bridgehead atoms. The average molecular weight is 324 g/mol. The number of rotatable bonds is 4. The Morgan fingerprint density at radius 3 is 2.65 bits per heavy atom. The molecule has 1 saturated carbocycles. The molecule has 2 atom stereocenters. The highest BCUT2D eigenvalue weighted by Gasteiger charge is 2.51. The largest absolute Gasteiger partial charge is 0.391 e. The van der Waals surface area contributed by atoms with E-state index < -0.39 is 17.7 Å². The Labute approximate surface area is 135 Å². The first kappa shape index (κ1) is 16.2. The molecule has 1 spiro atoms. The number of carbonyl (C=O) groups excluding carboxylic acids is 3. The molecule has 0 aromatic heterocycles. The Kier molecular flexibility index (Phi) is 4.54. The Morgan fingerprint density at radius 2 is 2.00 bits per heavy atom. The highest BCUT2D eigenvalue weighted by Crippen LogP contribution is 2.33. The molecule has 3 fully saturated rings. The van der Waals surface area contributed by atoms with Crippen molar-refractivity contribution in [3.05, 3.63) is 0 Å². The van der Waals surface area contributed by atoms with Crippen LogP contribution < -0.4 is 16.0 Å². The van der Waals surface area contributed by atoms with E-state index >= 15 is 0 Å². The zero-order chi connectivity index (χ0) is 16.4. The van der Waals surface area contributed by atoms with Crippen molar-refractivity contribution in [2.24, 2.45) is 5.92 Å². The van der Waals surface area contributed by atoms with Gasteiger partial charge in [0.15, 0.2) is 0 Å². The van der Waals surface area contributed by atoms with Gasteiger partial charge in [0.25, 0.3) is 5.91 Å². The summed E-state index contributed by atoms with van der Waals surface area (Å²) in [6.07, 6.45) is 3.73. The summed E-state index contributed by atoms with van der Waals surface area (Å²) < 4.78 is 0. The summed E-state index contributed by atoms with van der Waals surface area (Å²) in [6, 6.07) is -0.477. The minimum Gasteiger partial charge on any atom is -0.391 e. The quantitative estimate of drug-likeness (QED) is 0.493. The number of nitrogens with one attached hydrogen (secondary N) is 3. The van der Waals surface area contributed by atoms with Crippen molar-refractivity contribution in [3.63, 3.8) is 0 Å². The normalized spacial score (nSPS) is 29.9. The van der Waals surface area contributed by atoms with Crippen molar-refractivity contribution >= 4 is 17.8 Å². The lowest BCUT2D eigenvalue weighted by atomic mass is 9.82. The van der Waals surface area contributed by atoms with E-state index in [1.165, 1.54) is 0 Å². The molecule has 2 unspecified atom stereocenters. The second-order valence-electron chi connectivity index (χ2n) is 6.75. The third-order valence-electron chi connectivity index (χ3n) is 5.12. The minimum absolute atomic E-state index is 0.0354. The molecule has 8 heteroatoms. The van der Waals surface area contributed by atoms with E-state index in [1.807, 2.05) is 0 Å². The minimum atomic E-state index is -0.790. The summed E-state index contributed by atoms with van der Waals surface area (Å²) in [7, 11) is 0. The van der Waals surface area contributed by atoms with Crippen LogP contribution in [0.2, 0.25) is 0 Å². The predicted molar refractivity (Wildman–Crippen MR) is 81.4 cm³/mol. The van der Waals surface area contributed by atoms with E-state index in [0.717, 1.165) is 24.2 Å². The number of hydrogen-bond acceptors (Lipinski definition) is 5. The van der Waals surface area contributed by atoms with Gasteiger partial charge in [0.1, 0.15) is 12.1 Å². The van der Waals surface area contributed by atoms with Crippen molar-refractivity contribution in [2.75, 3.05) is 26.2 Å². The molecule has 3 rings (SSSR count). The predicted octanol–water partition coefficient (Wildman–Crippen LogP) is -1.06. The number of urea groups is 1. The van der Waals surface area contributed by atoms with Crippen molar-refractivity contribution in [3.8, 4) is 0 Å². The van der Waals surface area contributed by atoms with Crippen molar-refractivity contribution in [1.82, 2.24) is 20.9 Å². The molecular formula is C15H24N4O4. The smallest absolute Gasteiger partial charge is 0.325 e. The highest BCUT2D eigenvalue weighted by molar-refractivity contribution is 6.09. The van der Waals surface area contributed by atoms with Gasteiger partial charge in [0.05, 0.1) is 6.10 Å². The lowest BCUT2D eigenvalue weighted by molar-refractivity contribution is -0.135. The summed E-state index contributed by atoms with van der Waals surface area (Å²) in [5, 5.41) is 18.2. The fourth-order valence-corrected chi connectivity index (χ4v) is 3.69. The Balaban J connectivity index is 1.53. The van der Waals surface area contributed by atoms with Gasteiger partial charge >= 0.3 is 6.03 Å². The van der Waals surface area contributed by atoms with Crippen LogP contribution in [0.3, 0.4) is 0 Å². The Bertz CT molecular complexity index is 504. The first-order valence-corrected chi connectivity index (χ1v) is 8.31. The van der Waals surface area contributed by atoms with Crippen LogP contribution in [0.15, 0.2) is 0 Å². The summed E-state index contributed by atoms with van der Waals surface area (Å²) in [6.45, 7) is 1.24. The lowest BCUT2D eigenvalue weighted by Gasteiger charge is -2.30. The monoisotopic (exact) mass is 324 g/mol. The zero-order valence-electron chi connectivity index (χ0n) is 13.1. The van der Waals surface area contributed by atoms with E-state index in [9.17, 15) is 19.5 Å². The second-order valence-corrected chi connectivity index (χ2v) is 6.75. The van der Waals surface area contributed by atoms with Gasteiger partial charge in [-0.05, 0) is 12.8 Å². The lowest BCUT2D eigenvalue weighted by Crippen LogP contribution is -2.49. The fraction of sp³-hybridized carbons (Fsp3) is 0.800. The first-order valence-electron chi connectivity index (χ1n) is 8.31. The maximum Gasteiger partial charge on any atom is 0.325 e. The fourth-order valence-electron chi connectivity index (χ4n) is 3.69. The van der Waals surface area contributed by atoms with Gasteiger partial charge in [-0.15, -0.1) is 0 Å². The third kappa shape index (κ3) is 3.18. The molecule has 2 aliphatic heterocycles. The topological polar surface area (TPSA) is 111 Å². The standard InChI is InChI=1S/C15H24N4O4/c20-11-8-16-6-10(11)7-17-12(21)9-19-13(22)15(18-14(19)23)4-2-1-3-5-15/h10-11,16,20H,1-9H2,(H,17,21)(H,18,23). The molecule has 23 heavy (non-hydrogen) atoms. The zero-order valence-corrected chi connectivity index (χ0v) is 13.1. The van der Waals surface area contributed by atoms with Gasteiger partial charge in [-0.2, -0.15) is 0 Å². The molecule has 3 aliphatic rings. The molecule has 128 valence electrons. The van der Waals surface area contributed by atoms with E-state index in [1.54, 1.807) is 0 Å². The maximum atomic E-state index is 12.6. The summed E-state index contributed by atoms with van der Waals surface area (Å²) in [5.74, 6) is -0.688. The average Bonchev–Trinajstić information content (AvgIpc) is 3.03. The van der Waals surface area contributed by atoms with Crippen molar-refractivity contribution in [2.45, 2.75) is 43.7 Å². The van der Waals surface area contributed by atoms with Gasteiger partial charge in [-0.1, -0.05) is 19.3 Å². The van der Waals surface area contributed by atoms with Crippen LogP contribution in [0.4, 0.5) is 4.79 Å². The van der Waals surface area contributed by atoms with Gasteiger partial charge in [0.2, 0.25) is 5.91 Å². The number of aliphatic hydroxyl groups excluding tert-OH is 1. The molecular weight excluding hydrogens is 300 g/mol. The van der Waals surface area contributed by atoms with Gasteiger partial charge in [-0.3, -0.25) is 14.5 Å².